The number of nitrogens with zero attached hydrogens (tertiary/aromatic N) is 2. The predicted molar refractivity (Wildman–Crippen MR) is 64.8 cm³/mol. The lowest BCUT2D eigenvalue weighted by Gasteiger charge is -2.23. The van der Waals surface area contributed by atoms with Gasteiger partial charge in [0, 0.05) is 12.6 Å². The lowest BCUT2D eigenvalue weighted by molar-refractivity contribution is 0.701. The first-order chi connectivity index (χ1) is 6.60. The van der Waals surface area contributed by atoms with Crippen LogP contribution in [0.4, 0.5) is 5.13 Å². The Morgan fingerprint density at radius 3 is 2.50 bits per heavy atom. The Labute approximate surface area is 98.8 Å². The fourth-order valence-corrected chi connectivity index (χ4v) is 2.92. The number of hydrogen-bond donors (Lipinski definition) is 0. The molecule has 0 aliphatic heterocycles. The van der Waals surface area contributed by atoms with Crippen LogP contribution in [0.2, 0.25) is 5.15 Å². The number of anilines is 1. The molecule has 5 heteroatoms. The van der Waals surface area contributed by atoms with Gasteiger partial charge in [0.05, 0.1) is 10.8 Å². The maximum absolute atomic E-state index is 5.94. The third kappa shape index (κ3) is 2.53. The van der Waals surface area contributed by atoms with Gasteiger partial charge in [-0.2, -0.15) is 0 Å². The van der Waals surface area contributed by atoms with Crippen LogP contribution >= 0.6 is 34.5 Å². The molecule has 0 spiro atoms. The zero-order valence-electron chi connectivity index (χ0n) is 8.55. The molecular weight excluding hydrogens is 239 g/mol. The van der Waals surface area contributed by atoms with Gasteiger partial charge >= 0.3 is 0 Å². The summed E-state index contributed by atoms with van der Waals surface area (Å²) in [7, 11) is 0. The quantitative estimate of drug-likeness (QED) is 0.759. The summed E-state index contributed by atoms with van der Waals surface area (Å²) < 4.78 is 0. The second-order valence-corrected chi connectivity index (χ2v) is 4.91. The van der Waals surface area contributed by atoms with Crippen molar-refractivity contribution < 1.29 is 0 Å². The fourth-order valence-electron chi connectivity index (χ4n) is 1.25. The standard InChI is InChI=1S/C9H14Cl2N2S/c1-4-13(6(2)3)9-12-8(11)7(5-10)14-9/h6H,4-5H2,1-3H3. The topological polar surface area (TPSA) is 16.1 Å². The van der Waals surface area contributed by atoms with Crippen molar-refractivity contribution in [3.05, 3.63) is 10.0 Å². The van der Waals surface area contributed by atoms with E-state index in [0.717, 1.165) is 16.6 Å². The molecule has 0 unspecified atom stereocenters. The molecule has 0 saturated heterocycles. The molecule has 0 N–H and O–H groups in total. The van der Waals surface area contributed by atoms with E-state index in [1.807, 2.05) is 0 Å². The first kappa shape index (κ1) is 12.1. The van der Waals surface area contributed by atoms with E-state index in [-0.39, 0.29) is 0 Å². The highest BCUT2D eigenvalue weighted by atomic mass is 35.5. The molecule has 0 saturated carbocycles. The summed E-state index contributed by atoms with van der Waals surface area (Å²) in [6, 6.07) is 0.436. The van der Waals surface area contributed by atoms with Gasteiger partial charge in [-0.25, -0.2) is 4.98 Å². The average molecular weight is 253 g/mol. The van der Waals surface area contributed by atoms with E-state index in [1.54, 1.807) is 11.3 Å². The van der Waals surface area contributed by atoms with Crippen LogP contribution in [0.25, 0.3) is 0 Å². The van der Waals surface area contributed by atoms with E-state index >= 15 is 0 Å². The van der Waals surface area contributed by atoms with E-state index in [4.69, 9.17) is 23.2 Å². The Balaban J connectivity index is 2.93. The van der Waals surface area contributed by atoms with Crippen LogP contribution in [0.15, 0.2) is 0 Å². The van der Waals surface area contributed by atoms with Crippen molar-refractivity contribution in [1.82, 2.24) is 4.98 Å². The number of rotatable bonds is 4. The fraction of sp³-hybridized carbons (Fsp3) is 0.667. The van der Waals surface area contributed by atoms with E-state index < -0.39 is 0 Å². The summed E-state index contributed by atoms with van der Waals surface area (Å²) in [6.07, 6.45) is 0. The summed E-state index contributed by atoms with van der Waals surface area (Å²) in [5.41, 5.74) is 0. The lowest BCUT2D eigenvalue weighted by atomic mass is 10.3. The van der Waals surface area contributed by atoms with Crippen LogP contribution in [-0.4, -0.2) is 17.6 Å². The van der Waals surface area contributed by atoms with Crippen LogP contribution in [0.1, 0.15) is 25.6 Å². The summed E-state index contributed by atoms with van der Waals surface area (Å²) >= 11 is 13.3. The molecule has 0 aromatic carbocycles. The number of alkyl halides is 1. The highest BCUT2D eigenvalue weighted by Crippen LogP contribution is 2.31. The summed E-state index contributed by atoms with van der Waals surface area (Å²) in [4.78, 5) is 7.45. The first-order valence-electron chi connectivity index (χ1n) is 4.58. The van der Waals surface area contributed by atoms with Gasteiger partial charge in [-0.15, -0.1) is 11.6 Å². The first-order valence-corrected chi connectivity index (χ1v) is 6.30. The average Bonchev–Trinajstić information content (AvgIpc) is 2.47. The van der Waals surface area contributed by atoms with Crippen molar-refractivity contribution in [2.75, 3.05) is 11.4 Å². The van der Waals surface area contributed by atoms with Gasteiger partial charge in [-0.3, -0.25) is 0 Å². The van der Waals surface area contributed by atoms with E-state index in [1.165, 1.54) is 0 Å². The van der Waals surface area contributed by atoms with Crippen molar-refractivity contribution in [3.63, 3.8) is 0 Å². The molecule has 1 rings (SSSR count). The molecule has 0 radical (unpaired) electrons. The second kappa shape index (κ2) is 5.19. The van der Waals surface area contributed by atoms with Gasteiger partial charge in [0.25, 0.3) is 0 Å². The normalized spacial score (nSPS) is 11.0. The molecule has 80 valence electrons. The molecular formula is C9H14Cl2N2S. The maximum Gasteiger partial charge on any atom is 0.187 e. The summed E-state index contributed by atoms with van der Waals surface area (Å²) in [5, 5.41) is 1.50. The molecule has 0 amide bonds. The third-order valence-corrected chi connectivity index (χ3v) is 3.91. The molecule has 0 fully saturated rings. The highest BCUT2D eigenvalue weighted by molar-refractivity contribution is 7.16. The molecule has 14 heavy (non-hydrogen) atoms. The van der Waals surface area contributed by atoms with Crippen molar-refractivity contribution in [3.8, 4) is 0 Å². The molecule has 0 atom stereocenters. The molecule has 0 aliphatic carbocycles. The van der Waals surface area contributed by atoms with Crippen LogP contribution in [-0.2, 0) is 5.88 Å². The van der Waals surface area contributed by atoms with Crippen LogP contribution in [0, 0.1) is 0 Å². The lowest BCUT2D eigenvalue weighted by Crippen LogP contribution is -2.30. The Bertz CT molecular complexity index is 299. The van der Waals surface area contributed by atoms with Gasteiger partial charge in [-0.1, -0.05) is 22.9 Å². The van der Waals surface area contributed by atoms with Gasteiger partial charge in [0.15, 0.2) is 5.13 Å². The third-order valence-electron chi connectivity index (χ3n) is 1.97. The monoisotopic (exact) mass is 252 g/mol. The maximum atomic E-state index is 5.94. The number of halogens is 2. The van der Waals surface area contributed by atoms with Crippen molar-refractivity contribution in [1.29, 1.82) is 0 Å². The van der Waals surface area contributed by atoms with Crippen molar-refractivity contribution in [2.45, 2.75) is 32.7 Å². The Morgan fingerprint density at radius 1 is 1.50 bits per heavy atom. The minimum Gasteiger partial charge on any atom is -0.346 e. The molecule has 1 aromatic heterocycles. The SMILES string of the molecule is CCN(c1nc(Cl)c(CCl)s1)C(C)C. The minimum absolute atomic E-state index is 0.436. The van der Waals surface area contributed by atoms with Crippen LogP contribution in [0.3, 0.4) is 0 Å². The predicted octanol–water partition coefficient (Wildman–Crippen LogP) is 3.77. The summed E-state index contributed by atoms with van der Waals surface area (Å²) in [6.45, 7) is 7.32. The van der Waals surface area contributed by atoms with Gasteiger partial charge < -0.3 is 4.90 Å². The van der Waals surface area contributed by atoms with E-state index in [9.17, 15) is 0 Å². The number of hydrogen-bond acceptors (Lipinski definition) is 3. The summed E-state index contributed by atoms with van der Waals surface area (Å²) in [5.74, 6) is 0.437. The molecule has 0 aliphatic rings. The Hall–Kier alpha value is 0.01000. The molecule has 0 bridgehead atoms. The molecule has 1 heterocycles. The number of thiazole rings is 1. The second-order valence-electron chi connectivity index (χ2n) is 3.22. The van der Waals surface area contributed by atoms with Gasteiger partial charge in [0.2, 0.25) is 0 Å². The van der Waals surface area contributed by atoms with Crippen molar-refractivity contribution >= 4 is 39.7 Å². The van der Waals surface area contributed by atoms with Crippen molar-refractivity contribution in [2.24, 2.45) is 0 Å². The van der Waals surface area contributed by atoms with E-state index in [0.29, 0.717) is 17.1 Å². The van der Waals surface area contributed by atoms with E-state index in [2.05, 4.69) is 30.7 Å². The largest absolute Gasteiger partial charge is 0.346 e. The zero-order valence-corrected chi connectivity index (χ0v) is 10.9. The Kier molecular flexibility index (Phi) is 4.48. The van der Waals surface area contributed by atoms with Gasteiger partial charge in [0.1, 0.15) is 5.15 Å². The zero-order chi connectivity index (χ0) is 10.7. The Morgan fingerprint density at radius 2 is 2.14 bits per heavy atom. The minimum atomic E-state index is 0.436. The molecule has 1 aromatic rings. The van der Waals surface area contributed by atoms with Crippen LogP contribution in [0.5, 0.6) is 0 Å². The smallest absolute Gasteiger partial charge is 0.187 e. The highest BCUT2D eigenvalue weighted by Gasteiger charge is 2.15. The molecule has 2 nitrogen and oxygen atoms in total. The van der Waals surface area contributed by atoms with Gasteiger partial charge in [-0.05, 0) is 20.8 Å². The number of aromatic nitrogens is 1. The van der Waals surface area contributed by atoms with Crippen LogP contribution < -0.4 is 4.90 Å².